The standard InChI is InChI=1S/C21H18F2N6O4/c1-28-11-17(19(27-28)21(31)24-10-14-3-2-8-32-14)25-20(30)16-6-7-29(26-16)12-33-18-5-4-13(22)9-15(18)23/h2-9,11H,10,12H2,1H3,(H,24,31)(H,25,30). The van der Waals surface area contributed by atoms with Gasteiger partial charge in [-0.1, -0.05) is 0 Å². The van der Waals surface area contributed by atoms with Crippen LogP contribution in [0.5, 0.6) is 5.75 Å². The van der Waals surface area contributed by atoms with E-state index in [1.54, 1.807) is 19.2 Å². The molecule has 0 saturated heterocycles. The van der Waals surface area contributed by atoms with Crippen LogP contribution in [0.2, 0.25) is 0 Å². The first-order valence-electron chi connectivity index (χ1n) is 9.66. The lowest BCUT2D eigenvalue weighted by molar-refractivity contribution is 0.0943. The van der Waals surface area contributed by atoms with Gasteiger partial charge >= 0.3 is 0 Å². The molecule has 2 amide bonds. The quantitative estimate of drug-likeness (QED) is 0.421. The van der Waals surface area contributed by atoms with E-state index in [0.29, 0.717) is 11.8 Å². The second-order valence-electron chi connectivity index (χ2n) is 6.87. The van der Waals surface area contributed by atoms with Crippen LogP contribution >= 0.6 is 0 Å². The number of rotatable bonds is 8. The minimum Gasteiger partial charge on any atom is -0.468 e. The van der Waals surface area contributed by atoms with Gasteiger partial charge in [0.15, 0.2) is 29.7 Å². The van der Waals surface area contributed by atoms with E-state index < -0.39 is 23.4 Å². The lowest BCUT2D eigenvalue weighted by Gasteiger charge is -2.07. The van der Waals surface area contributed by atoms with Gasteiger partial charge < -0.3 is 19.8 Å². The molecule has 10 nitrogen and oxygen atoms in total. The van der Waals surface area contributed by atoms with E-state index in [1.807, 2.05) is 0 Å². The molecule has 3 heterocycles. The number of hydrogen-bond acceptors (Lipinski definition) is 6. The average Bonchev–Trinajstić information content (AvgIpc) is 3.53. The van der Waals surface area contributed by atoms with Crippen molar-refractivity contribution in [3.63, 3.8) is 0 Å². The summed E-state index contributed by atoms with van der Waals surface area (Å²) in [6, 6.07) is 7.76. The maximum absolute atomic E-state index is 13.7. The van der Waals surface area contributed by atoms with E-state index in [9.17, 15) is 18.4 Å². The molecule has 0 aliphatic rings. The zero-order valence-corrected chi connectivity index (χ0v) is 17.3. The van der Waals surface area contributed by atoms with Crippen molar-refractivity contribution in [3.8, 4) is 5.75 Å². The van der Waals surface area contributed by atoms with Crippen LogP contribution in [-0.2, 0) is 20.3 Å². The predicted molar refractivity (Wildman–Crippen MR) is 110 cm³/mol. The number of hydrogen-bond donors (Lipinski definition) is 2. The summed E-state index contributed by atoms with van der Waals surface area (Å²) in [6.07, 6.45) is 4.43. The molecule has 0 unspecified atom stereocenters. The first kappa shape index (κ1) is 21.7. The van der Waals surface area contributed by atoms with Gasteiger partial charge in [0.1, 0.15) is 11.6 Å². The first-order valence-corrected chi connectivity index (χ1v) is 9.66. The Morgan fingerprint density at radius 1 is 1.15 bits per heavy atom. The SMILES string of the molecule is Cn1cc(NC(=O)c2ccn(COc3ccc(F)cc3F)n2)c(C(=O)NCc2ccco2)n1. The maximum atomic E-state index is 13.7. The van der Waals surface area contributed by atoms with Gasteiger partial charge in [0.25, 0.3) is 11.8 Å². The van der Waals surface area contributed by atoms with E-state index in [1.165, 1.54) is 34.1 Å². The van der Waals surface area contributed by atoms with Gasteiger partial charge in [-0.25, -0.2) is 13.5 Å². The van der Waals surface area contributed by atoms with Crippen molar-refractivity contribution in [2.45, 2.75) is 13.3 Å². The Morgan fingerprint density at radius 3 is 2.76 bits per heavy atom. The molecule has 0 radical (unpaired) electrons. The summed E-state index contributed by atoms with van der Waals surface area (Å²) in [5, 5.41) is 13.4. The molecule has 1 aromatic carbocycles. The molecule has 0 bridgehead atoms. The van der Waals surface area contributed by atoms with Crippen LogP contribution in [0.3, 0.4) is 0 Å². The van der Waals surface area contributed by atoms with Crippen molar-refractivity contribution in [2.24, 2.45) is 7.05 Å². The fraction of sp³-hybridized carbons (Fsp3) is 0.143. The number of aryl methyl sites for hydroxylation is 1. The van der Waals surface area contributed by atoms with E-state index in [4.69, 9.17) is 9.15 Å². The molecule has 170 valence electrons. The van der Waals surface area contributed by atoms with Gasteiger partial charge in [-0.05, 0) is 30.3 Å². The summed E-state index contributed by atoms with van der Waals surface area (Å²) in [4.78, 5) is 25.1. The number of carbonyl (C=O) groups excluding carboxylic acids is 2. The smallest absolute Gasteiger partial charge is 0.276 e. The lowest BCUT2D eigenvalue weighted by Crippen LogP contribution is -2.25. The van der Waals surface area contributed by atoms with Gasteiger partial charge in [0.05, 0.1) is 18.5 Å². The summed E-state index contributed by atoms with van der Waals surface area (Å²) < 4.78 is 39.7. The topological polar surface area (TPSA) is 116 Å². The van der Waals surface area contributed by atoms with Crippen molar-refractivity contribution in [1.29, 1.82) is 0 Å². The summed E-state index contributed by atoms with van der Waals surface area (Å²) in [5.74, 6) is -2.24. The van der Waals surface area contributed by atoms with Gasteiger partial charge in [0, 0.05) is 25.5 Å². The molecule has 0 aliphatic carbocycles. The number of nitrogens with zero attached hydrogens (tertiary/aromatic N) is 4. The molecule has 0 spiro atoms. The van der Waals surface area contributed by atoms with Crippen LogP contribution in [0, 0.1) is 11.6 Å². The van der Waals surface area contributed by atoms with Crippen LogP contribution in [-0.4, -0.2) is 31.4 Å². The van der Waals surface area contributed by atoms with Crippen molar-refractivity contribution in [2.75, 3.05) is 5.32 Å². The lowest BCUT2D eigenvalue weighted by atomic mass is 10.3. The molecule has 4 rings (SSSR count). The fourth-order valence-corrected chi connectivity index (χ4v) is 2.88. The maximum Gasteiger partial charge on any atom is 0.276 e. The van der Waals surface area contributed by atoms with Crippen molar-refractivity contribution >= 4 is 17.5 Å². The highest BCUT2D eigenvalue weighted by Crippen LogP contribution is 2.18. The Labute approximate surface area is 185 Å². The monoisotopic (exact) mass is 456 g/mol. The Bertz CT molecular complexity index is 1280. The summed E-state index contributed by atoms with van der Waals surface area (Å²) >= 11 is 0. The Hall–Kier alpha value is -4.48. The largest absolute Gasteiger partial charge is 0.468 e. The second kappa shape index (κ2) is 9.34. The van der Waals surface area contributed by atoms with Gasteiger partial charge in [0.2, 0.25) is 0 Å². The minimum atomic E-state index is -0.852. The third-order valence-corrected chi connectivity index (χ3v) is 4.41. The van der Waals surface area contributed by atoms with Crippen LogP contribution in [0.25, 0.3) is 0 Å². The van der Waals surface area contributed by atoms with Crippen molar-refractivity contribution in [3.05, 3.63) is 83.8 Å². The fourth-order valence-electron chi connectivity index (χ4n) is 2.88. The number of benzene rings is 1. The third-order valence-electron chi connectivity index (χ3n) is 4.41. The van der Waals surface area contributed by atoms with Crippen LogP contribution in [0.1, 0.15) is 26.7 Å². The molecule has 4 aromatic rings. The Kier molecular flexibility index (Phi) is 6.15. The minimum absolute atomic E-state index is 0.0203. The molecule has 12 heteroatoms. The summed E-state index contributed by atoms with van der Waals surface area (Å²) in [7, 11) is 1.61. The van der Waals surface area contributed by atoms with Gasteiger partial charge in [-0.2, -0.15) is 10.2 Å². The van der Waals surface area contributed by atoms with Crippen LogP contribution in [0.15, 0.2) is 59.5 Å². The normalized spacial score (nSPS) is 10.8. The van der Waals surface area contributed by atoms with Gasteiger partial charge in [-0.15, -0.1) is 0 Å². The number of aromatic nitrogens is 4. The molecule has 0 fully saturated rings. The molecule has 2 N–H and O–H groups in total. The van der Waals surface area contributed by atoms with E-state index in [0.717, 1.165) is 12.1 Å². The van der Waals surface area contributed by atoms with Gasteiger partial charge in [-0.3, -0.25) is 14.3 Å². The zero-order chi connectivity index (χ0) is 23.4. The van der Waals surface area contributed by atoms with Crippen molar-refractivity contribution < 1.29 is 27.5 Å². The Balaban J connectivity index is 1.38. The summed E-state index contributed by atoms with van der Waals surface area (Å²) in [5.41, 5.74) is 0.245. The molecule has 0 saturated carbocycles. The second-order valence-corrected chi connectivity index (χ2v) is 6.87. The number of furan rings is 1. The van der Waals surface area contributed by atoms with Crippen LogP contribution < -0.4 is 15.4 Å². The van der Waals surface area contributed by atoms with E-state index in [-0.39, 0.29) is 36.1 Å². The average molecular weight is 456 g/mol. The highest BCUT2D eigenvalue weighted by Gasteiger charge is 2.20. The number of halogens is 2. The number of ether oxygens (including phenoxy) is 1. The highest BCUT2D eigenvalue weighted by molar-refractivity contribution is 6.07. The number of amides is 2. The molecular weight excluding hydrogens is 438 g/mol. The first-order chi connectivity index (χ1) is 15.9. The van der Waals surface area contributed by atoms with Crippen LogP contribution in [0.4, 0.5) is 14.5 Å². The zero-order valence-electron chi connectivity index (χ0n) is 17.3. The predicted octanol–water partition coefficient (Wildman–Crippen LogP) is 2.71. The molecular formula is C21H18F2N6O4. The van der Waals surface area contributed by atoms with Crippen molar-refractivity contribution in [1.82, 2.24) is 24.9 Å². The number of anilines is 1. The number of carbonyl (C=O) groups is 2. The van der Waals surface area contributed by atoms with E-state index >= 15 is 0 Å². The molecule has 0 atom stereocenters. The molecule has 3 aromatic heterocycles. The number of nitrogens with one attached hydrogen (secondary N) is 2. The third kappa shape index (κ3) is 5.23. The summed E-state index contributed by atoms with van der Waals surface area (Å²) in [6.45, 7) is -0.0436. The van der Waals surface area contributed by atoms with E-state index in [2.05, 4.69) is 20.8 Å². The highest BCUT2D eigenvalue weighted by atomic mass is 19.1. The Morgan fingerprint density at radius 2 is 2.00 bits per heavy atom. The molecule has 33 heavy (non-hydrogen) atoms. The molecule has 0 aliphatic heterocycles.